The second kappa shape index (κ2) is 11.1. The van der Waals surface area contributed by atoms with Gasteiger partial charge < -0.3 is 10.1 Å². The molecule has 0 aliphatic heterocycles. The minimum absolute atomic E-state index is 0.0882. The highest BCUT2D eigenvalue weighted by molar-refractivity contribution is 7.92. The van der Waals surface area contributed by atoms with Gasteiger partial charge in [-0.15, -0.1) is 0 Å². The molecule has 0 saturated carbocycles. The van der Waals surface area contributed by atoms with Crippen LogP contribution in [-0.2, 0) is 16.4 Å². The summed E-state index contributed by atoms with van der Waals surface area (Å²) in [6.45, 7) is 4.29. The largest absolute Gasteiger partial charge is 0.497 e. The molecule has 0 atom stereocenters. The summed E-state index contributed by atoms with van der Waals surface area (Å²) in [6, 6.07) is 20.0. The summed E-state index contributed by atoms with van der Waals surface area (Å²) in [6.07, 6.45) is 0.948. The van der Waals surface area contributed by atoms with E-state index in [1.165, 1.54) is 24.8 Å². The van der Waals surface area contributed by atoms with Gasteiger partial charge in [0.15, 0.2) is 5.11 Å². The van der Waals surface area contributed by atoms with Crippen molar-refractivity contribution in [2.75, 3.05) is 17.1 Å². The Bertz CT molecular complexity index is 1240. The first-order valence-electron chi connectivity index (χ1n) is 10.6. The van der Waals surface area contributed by atoms with Gasteiger partial charge in [0.2, 0.25) is 0 Å². The van der Waals surface area contributed by atoms with Crippen LogP contribution < -0.4 is 20.1 Å². The fourth-order valence-corrected chi connectivity index (χ4v) is 4.46. The van der Waals surface area contributed by atoms with E-state index in [1.807, 2.05) is 12.1 Å². The smallest absolute Gasteiger partial charge is 0.261 e. The number of carbonyl (C=O) groups is 1. The second-order valence-electron chi connectivity index (χ2n) is 8.06. The van der Waals surface area contributed by atoms with E-state index in [4.69, 9.17) is 17.0 Å². The molecule has 0 fully saturated rings. The van der Waals surface area contributed by atoms with E-state index in [0.29, 0.717) is 28.6 Å². The second-order valence-corrected chi connectivity index (χ2v) is 10.2. The van der Waals surface area contributed by atoms with Crippen LogP contribution in [0.5, 0.6) is 5.75 Å². The molecule has 0 aromatic heterocycles. The van der Waals surface area contributed by atoms with Crippen LogP contribution in [0.2, 0.25) is 0 Å². The number of nitrogens with one attached hydrogen (secondary N) is 3. The molecule has 1 amide bonds. The summed E-state index contributed by atoms with van der Waals surface area (Å²) in [5.41, 5.74) is 2.64. The van der Waals surface area contributed by atoms with E-state index in [-0.39, 0.29) is 15.9 Å². The third-order valence-corrected chi connectivity index (χ3v) is 6.45. The topological polar surface area (TPSA) is 96.5 Å². The van der Waals surface area contributed by atoms with Gasteiger partial charge in [-0.25, -0.2) is 8.42 Å². The minimum atomic E-state index is -3.77. The highest BCUT2D eigenvalue weighted by Crippen LogP contribution is 2.20. The molecule has 0 aliphatic rings. The Kier molecular flexibility index (Phi) is 8.25. The van der Waals surface area contributed by atoms with Gasteiger partial charge >= 0.3 is 0 Å². The van der Waals surface area contributed by atoms with Crippen LogP contribution in [0, 0.1) is 5.92 Å². The predicted octanol–water partition coefficient (Wildman–Crippen LogP) is 4.82. The van der Waals surface area contributed by atoms with Gasteiger partial charge in [0.1, 0.15) is 5.75 Å². The van der Waals surface area contributed by atoms with Crippen LogP contribution in [0.15, 0.2) is 77.7 Å². The van der Waals surface area contributed by atoms with Crippen LogP contribution in [0.25, 0.3) is 0 Å². The van der Waals surface area contributed by atoms with Crippen molar-refractivity contribution in [3.8, 4) is 5.75 Å². The molecule has 0 spiro atoms. The minimum Gasteiger partial charge on any atom is -0.497 e. The summed E-state index contributed by atoms with van der Waals surface area (Å²) in [5, 5.41) is 5.64. The molecule has 0 aliphatic carbocycles. The Morgan fingerprint density at radius 3 is 2.06 bits per heavy atom. The van der Waals surface area contributed by atoms with Gasteiger partial charge in [-0.2, -0.15) is 0 Å². The molecule has 0 bridgehead atoms. The Labute approximate surface area is 205 Å². The zero-order valence-corrected chi connectivity index (χ0v) is 20.8. The summed E-state index contributed by atoms with van der Waals surface area (Å²) in [5.74, 6) is 0.845. The fourth-order valence-electron chi connectivity index (χ4n) is 3.19. The first-order chi connectivity index (χ1) is 16.2. The number of carbonyl (C=O) groups excluding carboxylic acids is 1. The summed E-state index contributed by atoms with van der Waals surface area (Å²) < 4.78 is 32.9. The number of sulfonamides is 1. The van der Waals surface area contributed by atoms with Gasteiger partial charge in [-0.05, 0) is 90.8 Å². The number of anilines is 2. The predicted molar refractivity (Wildman–Crippen MR) is 139 cm³/mol. The maximum atomic E-state index is 12.6. The fraction of sp³-hybridized carbons (Fsp3) is 0.200. The van der Waals surface area contributed by atoms with Crippen molar-refractivity contribution in [3.63, 3.8) is 0 Å². The van der Waals surface area contributed by atoms with Gasteiger partial charge in [0.25, 0.3) is 15.9 Å². The molecule has 34 heavy (non-hydrogen) atoms. The van der Waals surface area contributed by atoms with E-state index >= 15 is 0 Å². The van der Waals surface area contributed by atoms with Crippen LogP contribution in [0.4, 0.5) is 11.4 Å². The van der Waals surface area contributed by atoms with E-state index in [1.54, 1.807) is 48.5 Å². The van der Waals surface area contributed by atoms with Gasteiger partial charge in [0, 0.05) is 16.9 Å². The molecule has 7 nitrogen and oxygen atoms in total. The quantitative estimate of drug-likeness (QED) is 0.386. The maximum Gasteiger partial charge on any atom is 0.261 e. The number of ether oxygens (including phenoxy) is 1. The number of methoxy groups -OCH3 is 1. The van der Waals surface area contributed by atoms with Gasteiger partial charge in [-0.1, -0.05) is 26.0 Å². The zero-order valence-electron chi connectivity index (χ0n) is 19.2. The monoisotopic (exact) mass is 497 g/mol. The van der Waals surface area contributed by atoms with Crippen LogP contribution >= 0.6 is 12.2 Å². The zero-order chi connectivity index (χ0) is 24.7. The van der Waals surface area contributed by atoms with E-state index in [9.17, 15) is 13.2 Å². The average Bonchev–Trinajstić information content (AvgIpc) is 2.79. The van der Waals surface area contributed by atoms with Crippen LogP contribution in [-0.4, -0.2) is 26.5 Å². The number of hydrogen-bond acceptors (Lipinski definition) is 5. The Hall–Kier alpha value is -3.43. The van der Waals surface area contributed by atoms with Crippen molar-refractivity contribution in [1.82, 2.24) is 5.32 Å². The molecule has 3 rings (SSSR count). The lowest BCUT2D eigenvalue weighted by atomic mass is 10.0. The summed E-state index contributed by atoms with van der Waals surface area (Å²) in [7, 11) is -2.23. The lowest BCUT2D eigenvalue weighted by Crippen LogP contribution is -2.34. The number of thiocarbonyl (C=S) groups is 1. The van der Waals surface area contributed by atoms with Crippen molar-refractivity contribution in [3.05, 3.63) is 83.9 Å². The Morgan fingerprint density at radius 2 is 1.50 bits per heavy atom. The normalized spacial score (nSPS) is 11.1. The van der Waals surface area contributed by atoms with Crippen molar-refractivity contribution < 1.29 is 17.9 Å². The van der Waals surface area contributed by atoms with Crippen molar-refractivity contribution >= 4 is 44.6 Å². The number of rotatable bonds is 8. The maximum absolute atomic E-state index is 12.6. The first-order valence-corrected chi connectivity index (χ1v) is 12.5. The van der Waals surface area contributed by atoms with E-state index in [0.717, 1.165) is 6.42 Å². The molecule has 3 N–H and O–H groups in total. The molecule has 0 unspecified atom stereocenters. The van der Waals surface area contributed by atoms with Gasteiger partial charge in [0.05, 0.1) is 12.0 Å². The van der Waals surface area contributed by atoms with Crippen molar-refractivity contribution in [1.29, 1.82) is 0 Å². The lowest BCUT2D eigenvalue weighted by Gasteiger charge is -2.12. The first kappa shape index (κ1) is 25.2. The number of hydrogen-bond donors (Lipinski definition) is 3. The third kappa shape index (κ3) is 7.03. The van der Waals surface area contributed by atoms with Crippen LogP contribution in [0.1, 0.15) is 29.8 Å². The average molecular weight is 498 g/mol. The molecule has 0 radical (unpaired) electrons. The molecular weight excluding hydrogens is 470 g/mol. The molecular formula is C25H27N3O4S2. The molecule has 9 heteroatoms. The standard InChI is InChI=1S/C25H27N3O4S2/c1-17(2)16-18-4-6-19(7-5-18)24(29)27-25(33)26-20-10-14-23(15-11-20)34(30,31)28-21-8-12-22(32-3)13-9-21/h4-15,17,28H,16H2,1-3H3,(H2,26,27,29,33). The molecule has 3 aromatic rings. The van der Waals surface area contributed by atoms with E-state index in [2.05, 4.69) is 29.2 Å². The number of amides is 1. The number of benzene rings is 3. The van der Waals surface area contributed by atoms with E-state index < -0.39 is 10.0 Å². The molecule has 178 valence electrons. The Morgan fingerprint density at radius 1 is 0.912 bits per heavy atom. The van der Waals surface area contributed by atoms with Crippen molar-refractivity contribution in [2.24, 2.45) is 5.92 Å². The summed E-state index contributed by atoms with van der Waals surface area (Å²) >= 11 is 5.22. The van der Waals surface area contributed by atoms with Crippen molar-refractivity contribution in [2.45, 2.75) is 25.2 Å². The molecule has 3 aromatic carbocycles. The highest BCUT2D eigenvalue weighted by atomic mass is 32.2. The van der Waals surface area contributed by atoms with Crippen LogP contribution in [0.3, 0.4) is 0 Å². The molecule has 0 saturated heterocycles. The molecule has 0 heterocycles. The Balaban J connectivity index is 1.57. The van der Waals surface area contributed by atoms with Gasteiger partial charge in [-0.3, -0.25) is 14.8 Å². The third-order valence-electron chi connectivity index (χ3n) is 4.85. The SMILES string of the molecule is COc1ccc(NS(=O)(=O)c2ccc(NC(=S)NC(=O)c3ccc(CC(C)C)cc3)cc2)cc1. The lowest BCUT2D eigenvalue weighted by molar-refractivity contribution is 0.0977. The highest BCUT2D eigenvalue weighted by Gasteiger charge is 2.15. The summed E-state index contributed by atoms with van der Waals surface area (Å²) in [4.78, 5) is 12.5.